The van der Waals surface area contributed by atoms with Gasteiger partial charge in [-0.15, -0.1) is 0 Å². The second-order valence-electron chi connectivity index (χ2n) is 6.69. The van der Waals surface area contributed by atoms with E-state index in [1.54, 1.807) is 0 Å². The van der Waals surface area contributed by atoms with Crippen molar-refractivity contribution < 1.29 is 9.53 Å². The predicted octanol–water partition coefficient (Wildman–Crippen LogP) is 3.46. The molecule has 124 valence electrons. The van der Waals surface area contributed by atoms with Crippen molar-refractivity contribution in [2.24, 2.45) is 5.73 Å². The van der Waals surface area contributed by atoms with Gasteiger partial charge in [0, 0.05) is 5.54 Å². The summed E-state index contributed by atoms with van der Waals surface area (Å²) in [6, 6.07) is 5.59. The maximum absolute atomic E-state index is 12.2. The zero-order valence-electron chi connectivity index (χ0n) is 14.3. The monoisotopic (exact) mass is 307 g/mol. The molecule has 1 aromatic carbocycles. The molecule has 0 saturated heterocycles. The number of rotatable bonds is 6. The van der Waals surface area contributed by atoms with Crippen LogP contribution in [-0.2, 0) is 0 Å². The van der Waals surface area contributed by atoms with Gasteiger partial charge in [-0.1, -0.05) is 26.0 Å². The van der Waals surface area contributed by atoms with E-state index in [4.69, 9.17) is 10.5 Å². The fourth-order valence-corrected chi connectivity index (χ4v) is 2.03. The Bertz CT molecular complexity index is 493. The van der Waals surface area contributed by atoms with Crippen molar-refractivity contribution in [2.45, 2.75) is 52.5 Å². The van der Waals surface area contributed by atoms with Gasteiger partial charge in [0.05, 0.1) is 12.3 Å². The summed E-state index contributed by atoms with van der Waals surface area (Å²) in [6.45, 7) is 11.1. The Balaban J connectivity index is 2.99. The number of nitrogens with one attached hydrogen (secondary N) is 2. The Labute approximate surface area is 133 Å². The Kier molecular flexibility index (Phi) is 6.68. The molecule has 4 N–H and O–H groups in total. The third-order valence-corrected chi connectivity index (χ3v) is 3.01. The van der Waals surface area contributed by atoms with Gasteiger partial charge < -0.3 is 21.1 Å². The third kappa shape index (κ3) is 5.93. The molecular weight excluding hydrogens is 278 g/mol. The highest BCUT2D eigenvalue weighted by Crippen LogP contribution is 2.33. The van der Waals surface area contributed by atoms with E-state index >= 15 is 0 Å². The summed E-state index contributed by atoms with van der Waals surface area (Å²) in [6.07, 6.45) is 0.777. The number of nitrogens with two attached hydrogens (primary N) is 1. The number of amides is 2. The molecule has 5 heteroatoms. The smallest absolute Gasteiger partial charge is 0.319 e. The van der Waals surface area contributed by atoms with Crippen LogP contribution in [0.5, 0.6) is 5.75 Å². The lowest BCUT2D eigenvalue weighted by atomic mass is 10.0. The van der Waals surface area contributed by atoms with Gasteiger partial charge in [-0.05, 0) is 51.3 Å². The fourth-order valence-electron chi connectivity index (χ4n) is 2.03. The molecule has 1 rings (SSSR count). The van der Waals surface area contributed by atoms with Gasteiger partial charge in [0.15, 0.2) is 0 Å². The average molecular weight is 307 g/mol. The van der Waals surface area contributed by atoms with Gasteiger partial charge in [-0.2, -0.15) is 0 Å². The lowest BCUT2D eigenvalue weighted by molar-refractivity contribution is 0.243. The first-order valence-corrected chi connectivity index (χ1v) is 7.79. The van der Waals surface area contributed by atoms with Crippen LogP contribution in [0.1, 0.15) is 52.5 Å². The van der Waals surface area contributed by atoms with Gasteiger partial charge >= 0.3 is 6.03 Å². The molecule has 0 aliphatic rings. The first kappa shape index (κ1) is 18.3. The summed E-state index contributed by atoms with van der Waals surface area (Å²) in [7, 11) is 0. The van der Waals surface area contributed by atoms with E-state index in [2.05, 4.69) is 24.5 Å². The topological polar surface area (TPSA) is 76.4 Å². The molecule has 0 fully saturated rings. The van der Waals surface area contributed by atoms with E-state index in [0.717, 1.165) is 17.7 Å². The van der Waals surface area contributed by atoms with Crippen LogP contribution in [0.4, 0.5) is 10.5 Å². The fraction of sp³-hybridized carbons (Fsp3) is 0.588. The minimum absolute atomic E-state index is 0.232. The number of hydrogen-bond donors (Lipinski definition) is 3. The van der Waals surface area contributed by atoms with Crippen molar-refractivity contribution in [3.63, 3.8) is 0 Å². The van der Waals surface area contributed by atoms with E-state index in [-0.39, 0.29) is 17.5 Å². The lowest BCUT2D eigenvalue weighted by Gasteiger charge is -2.23. The summed E-state index contributed by atoms with van der Waals surface area (Å²) in [5.74, 6) is 0.965. The van der Waals surface area contributed by atoms with Crippen molar-refractivity contribution in [1.82, 2.24) is 5.32 Å². The minimum Gasteiger partial charge on any atom is -0.491 e. The average Bonchev–Trinajstić information content (AvgIpc) is 2.38. The summed E-state index contributed by atoms with van der Waals surface area (Å²) in [4.78, 5) is 12.2. The van der Waals surface area contributed by atoms with Crippen LogP contribution in [-0.4, -0.2) is 24.7 Å². The number of hydrogen-bond acceptors (Lipinski definition) is 3. The third-order valence-electron chi connectivity index (χ3n) is 3.01. The van der Waals surface area contributed by atoms with Gasteiger partial charge in [0.2, 0.25) is 0 Å². The van der Waals surface area contributed by atoms with Gasteiger partial charge in [0.1, 0.15) is 5.75 Å². The van der Waals surface area contributed by atoms with E-state index in [1.165, 1.54) is 0 Å². The predicted molar refractivity (Wildman–Crippen MR) is 91.6 cm³/mol. The zero-order chi connectivity index (χ0) is 16.8. The maximum Gasteiger partial charge on any atom is 0.319 e. The first-order chi connectivity index (χ1) is 10.2. The summed E-state index contributed by atoms with van der Waals surface area (Å²) < 4.78 is 5.78. The Hall–Kier alpha value is -1.75. The van der Waals surface area contributed by atoms with Crippen LogP contribution in [0, 0.1) is 0 Å². The van der Waals surface area contributed by atoms with Gasteiger partial charge in [0.25, 0.3) is 0 Å². The summed E-state index contributed by atoms with van der Waals surface area (Å²) in [5.41, 5.74) is 6.99. The molecule has 0 aliphatic carbocycles. The van der Waals surface area contributed by atoms with Gasteiger partial charge in [-0.3, -0.25) is 0 Å². The van der Waals surface area contributed by atoms with Crippen LogP contribution in [0.2, 0.25) is 0 Å². The molecule has 0 bridgehead atoms. The van der Waals surface area contributed by atoms with Crippen molar-refractivity contribution >= 4 is 11.7 Å². The van der Waals surface area contributed by atoms with E-state index < -0.39 is 0 Å². The van der Waals surface area contributed by atoms with Crippen LogP contribution in [0.3, 0.4) is 0 Å². The molecule has 5 nitrogen and oxygen atoms in total. The SMILES string of the molecule is CC(C)c1cccc(OCCCN)c1NC(=O)NC(C)(C)C. The van der Waals surface area contributed by atoms with Crippen LogP contribution >= 0.6 is 0 Å². The maximum atomic E-state index is 12.2. The molecular formula is C17H29N3O2. The number of ether oxygens (including phenoxy) is 1. The molecule has 22 heavy (non-hydrogen) atoms. The number of benzene rings is 1. The van der Waals surface area contributed by atoms with E-state index in [9.17, 15) is 4.79 Å². The molecule has 0 spiro atoms. The van der Waals surface area contributed by atoms with Crippen LogP contribution in [0.25, 0.3) is 0 Å². The standard InChI is InChI=1S/C17H29N3O2/c1-12(2)13-8-6-9-14(22-11-7-10-18)15(13)19-16(21)20-17(3,4)5/h6,8-9,12H,7,10-11,18H2,1-5H3,(H2,19,20,21). The second kappa shape index (κ2) is 8.03. The second-order valence-corrected chi connectivity index (χ2v) is 6.69. The van der Waals surface area contributed by atoms with Crippen molar-refractivity contribution in [2.75, 3.05) is 18.5 Å². The molecule has 0 atom stereocenters. The molecule has 2 amide bonds. The summed E-state index contributed by atoms with van der Waals surface area (Å²) in [5, 5.41) is 5.84. The Morgan fingerprint density at radius 3 is 2.55 bits per heavy atom. The zero-order valence-corrected chi connectivity index (χ0v) is 14.3. The first-order valence-electron chi connectivity index (χ1n) is 7.79. The molecule has 0 aliphatic heterocycles. The largest absolute Gasteiger partial charge is 0.491 e. The van der Waals surface area contributed by atoms with Crippen molar-refractivity contribution in [3.8, 4) is 5.75 Å². The van der Waals surface area contributed by atoms with Crippen molar-refractivity contribution in [3.05, 3.63) is 23.8 Å². The molecule has 1 aromatic rings. The summed E-state index contributed by atoms with van der Waals surface area (Å²) >= 11 is 0. The highest BCUT2D eigenvalue weighted by Gasteiger charge is 2.18. The molecule has 0 radical (unpaired) electrons. The Morgan fingerprint density at radius 1 is 1.32 bits per heavy atom. The number of anilines is 1. The number of para-hydroxylation sites is 1. The molecule has 0 aromatic heterocycles. The highest BCUT2D eigenvalue weighted by molar-refractivity contribution is 5.92. The quantitative estimate of drug-likeness (QED) is 0.704. The van der Waals surface area contributed by atoms with E-state index in [1.807, 2.05) is 39.0 Å². The molecule has 0 heterocycles. The normalized spacial score (nSPS) is 11.4. The van der Waals surface area contributed by atoms with Crippen LogP contribution in [0.15, 0.2) is 18.2 Å². The highest BCUT2D eigenvalue weighted by atomic mass is 16.5. The number of carbonyl (C=O) groups excluding carboxylic acids is 1. The minimum atomic E-state index is -0.294. The Morgan fingerprint density at radius 2 is 2.00 bits per heavy atom. The number of urea groups is 1. The van der Waals surface area contributed by atoms with Crippen molar-refractivity contribution in [1.29, 1.82) is 0 Å². The van der Waals surface area contributed by atoms with E-state index in [0.29, 0.717) is 18.9 Å². The molecule has 0 unspecified atom stereocenters. The molecule has 0 saturated carbocycles. The van der Waals surface area contributed by atoms with Gasteiger partial charge in [-0.25, -0.2) is 4.79 Å². The van der Waals surface area contributed by atoms with Crippen LogP contribution < -0.4 is 21.1 Å². The number of carbonyl (C=O) groups is 1. The lowest BCUT2D eigenvalue weighted by Crippen LogP contribution is -2.43.